The van der Waals surface area contributed by atoms with Crippen molar-refractivity contribution < 1.29 is 4.79 Å². The number of anilines is 1. The Morgan fingerprint density at radius 2 is 1.89 bits per heavy atom. The van der Waals surface area contributed by atoms with Crippen LogP contribution in [0.25, 0.3) is 0 Å². The SMILES string of the molecule is Cc1ccc(NC(=O)c2cccc(C)c2Cl)cc1I. The van der Waals surface area contributed by atoms with Gasteiger partial charge in [0, 0.05) is 9.26 Å². The fourth-order valence-corrected chi connectivity index (χ4v) is 2.42. The Hall–Kier alpha value is -1.07. The van der Waals surface area contributed by atoms with Gasteiger partial charge in [-0.1, -0.05) is 29.8 Å². The molecule has 0 aliphatic carbocycles. The molecule has 2 nitrogen and oxygen atoms in total. The van der Waals surface area contributed by atoms with Gasteiger partial charge in [0.05, 0.1) is 10.6 Å². The Kier molecular flexibility index (Phi) is 4.47. The number of rotatable bonds is 2. The van der Waals surface area contributed by atoms with Crippen LogP contribution in [0.3, 0.4) is 0 Å². The molecule has 2 rings (SSSR count). The van der Waals surface area contributed by atoms with Gasteiger partial charge in [0.15, 0.2) is 0 Å². The minimum atomic E-state index is -0.187. The highest BCUT2D eigenvalue weighted by atomic mass is 127. The first-order valence-electron chi connectivity index (χ1n) is 5.81. The highest BCUT2D eigenvalue weighted by molar-refractivity contribution is 14.1. The number of hydrogen-bond acceptors (Lipinski definition) is 1. The number of aryl methyl sites for hydroxylation is 2. The lowest BCUT2D eigenvalue weighted by molar-refractivity contribution is 0.102. The molecule has 0 saturated heterocycles. The van der Waals surface area contributed by atoms with Gasteiger partial charge >= 0.3 is 0 Å². The summed E-state index contributed by atoms with van der Waals surface area (Å²) in [6.45, 7) is 3.92. The van der Waals surface area contributed by atoms with Crippen molar-refractivity contribution in [2.75, 3.05) is 5.32 Å². The van der Waals surface area contributed by atoms with Gasteiger partial charge in [-0.2, -0.15) is 0 Å². The summed E-state index contributed by atoms with van der Waals surface area (Å²) >= 11 is 8.39. The molecule has 0 radical (unpaired) electrons. The molecular formula is C15H13ClINO. The first-order valence-corrected chi connectivity index (χ1v) is 7.27. The third-order valence-corrected chi connectivity index (χ3v) is 4.53. The second-order valence-corrected chi connectivity index (χ2v) is 5.89. The molecule has 4 heteroatoms. The fraction of sp³-hybridized carbons (Fsp3) is 0.133. The molecule has 0 aliphatic rings. The molecule has 1 N–H and O–H groups in total. The molecule has 0 aliphatic heterocycles. The third-order valence-electron chi connectivity index (χ3n) is 2.87. The Balaban J connectivity index is 2.26. The van der Waals surface area contributed by atoms with Crippen molar-refractivity contribution in [1.29, 1.82) is 0 Å². The fourth-order valence-electron chi connectivity index (χ4n) is 1.69. The molecule has 0 unspecified atom stereocenters. The van der Waals surface area contributed by atoms with E-state index in [4.69, 9.17) is 11.6 Å². The number of carbonyl (C=O) groups is 1. The van der Waals surface area contributed by atoms with E-state index in [-0.39, 0.29) is 5.91 Å². The van der Waals surface area contributed by atoms with Crippen molar-refractivity contribution in [3.8, 4) is 0 Å². The quantitative estimate of drug-likeness (QED) is 0.738. The Bertz CT molecular complexity index is 640. The first kappa shape index (κ1) is 14.3. The highest BCUT2D eigenvalue weighted by Gasteiger charge is 2.12. The van der Waals surface area contributed by atoms with Gasteiger partial charge < -0.3 is 5.32 Å². The van der Waals surface area contributed by atoms with Crippen molar-refractivity contribution in [3.05, 3.63) is 61.7 Å². The Morgan fingerprint density at radius 1 is 1.16 bits per heavy atom. The molecule has 0 heterocycles. The second-order valence-electron chi connectivity index (χ2n) is 4.35. The molecule has 2 aromatic carbocycles. The van der Waals surface area contributed by atoms with E-state index in [1.807, 2.05) is 44.2 Å². The minimum Gasteiger partial charge on any atom is -0.322 e. The van der Waals surface area contributed by atoms with Crippen molar-refractivity contribution in [2.24, 2.45) is 0 Å². The molecule has 1 amide bonds. The van der Waals surface area contributed by atoms with Gasteiger partial charge in [0.1, 0.15) is 0 Å². The van der Waals surface area contributed by atoms with Crippen LogP contribution < -0.4 is 5.32 Å². The Labute approximate surface area is 131 Å². The standard InChI is InChI=1S/C15H13ClINO/c1-9-6-7-11(8-13(9)17)18-15(19)12-5-3-4-10(2)14(12)16/h3-8H,1-2H3,(H,18,19). The first-order chi connectivity index (χ1) is 8.99. The zero-order chi connectivity index (χ0) is 14.0. The van der Waals surface area contributed by atoms with Crippen LogP contribution in [0, 0.1) is 17.4 Å². The van der Waals surface area contributed by atoms with E-state index in [1.165, 1.54) is 5.56 Å². The highest BCUT2D eigenvalue weighted by Crippen LogP contribution is 2.22. The molecule has 0 fully saturated rings. The summed E-state index contributed by atoms with van der Waals surface area (Å²) in [4.78, 5) is 12.2. The number of carbonyl (C=O) groups excluding carboxylic acids is 1. The number of halogens is 2. The number of amides is 1. The van der Waals surface area contributed by atoms with Crippen molar-refractivity contribution in [1.82, 2.24) is 0 Å². The van der Waals surface area contributed by atoms with Crippen LogP contribution in [0.5, 0.6) is 0 Å². The van der Waals surface area contributed by atoms with Crippen LogP contribution in [-0.4, -0.2) is 5.91 Å². The summed E-state index contributed by atoms with van der Waals surface area (Å²) in [7, 11) is 0. The molecular weight excluding hydrogens is 373 g/mol. The number of hydrogen-bond donors (Lipinski definition) is 1. The van der Waals surface area contributed by atoms with E-state index >= 15 is 0 Å². The molecule has 0 bridgehead atoms. The molecule has 0 aromatic heterocycles. The summed E-state index contributed by atoms with van der Waals surface area (Å²) in [6, 6.07) is 11.2. The van der Waals surface area contributed by atoms with Crippen LogP contribution >= 0.6 is 34.2 Å². The lowest BCUT2D eigenvalue weighted by Crippen LogP contribution is -2.13. The summed E-state index contributed by atoms with van der Waals surface area (Å²) in [5, 5.41) is 3.37. The maximum absolute atomic E-state index is 12.2. The van der Waals surface area contributed by atoms with Crippen molar-refractivity contribution in [3.63, 3.8) is 0 Å². The maximum atomic E-state index is 12.2. The molecule has 19 heavy (non-hydrogen) atoms. The normalized spacial score (nSPS) is 10.3. The monoisotopic (exact) mass is 385 g/mol. The molecule has 0 spiro atoms. The minimum absolute atomic E-state index is 0.187. The van der Waals surface area contributed by atoms with Crippen LogP contribution in [0.4, 0.5) is 5.69 Å². The van der Waals surface area contributed by atoms with Gasteiger partial charge in [-0.3, -0.25) is 4.79 Å². The molecule has 98 valence electrons. The predicted octanol–water partition coefficient (Wildman–Crippen LogP) is 4.81. The zero-order valence-corrected chi connectivity index (χ0v) is 13.5. The molecule has 2 aromatic rings. The predicted molar refractivity (Wildman–Crippen MR) is 88.0 cm³/mol. The summed E-state index contributed by atoms with van der Waals surface area (Å²) in [6.07, 6.45) is 0. The van der Waals surface area contributed by atoms with Gasteiger partial charge in [0.2, 0.25) is 0 Å². The molecule has 0 saturated carbocycles. The van der Waals surface area contributed by atoms with Crippen molar-refractivity contribution in [2.45, 2.75) is 13.8 Å². The van der Waals surface area contributed by atoms with E-state index in [9.17, 15) is 4.79 Å². The summed E-state index contributed by atoms with van der Waals surface area (Å²) < 4.78 is 1.12. The van der Waals surface area contributed by atoms with Crippen LogP contribution in [-0.2, 0) is 0 Å². The van der Waals surface area contributed by atoms with Crippen LogP contribution in [0.15, 0.2) is 36.4 Å². The summed E-state index contributed by atoms with van der Waals surface area (Å²) in [5.74, 6) is -0.187. The average molecular weight is 386 g/mol. The van der Waals surface area contributed by atoms with Crippen LogP contribution in [0.1, 0.15) is 21.5 Å². The maximum Gasteiger partial charge on any atom is 0.257 e. The van der Waals surface area contributed by atoms with E-state index in [2.05, 4.69) is 27.9 Å². The van der Waals surface area contributed by atoms with Crippen LogP contribution in [0.2, 0.25) is 5.02 Å². The van der Waals surface area contributed by atoms with Gasteiger partial charge in [-0.15, -0.1) is 0 Å². The number of benzene rings is 2. The van der Waals surface area contributed by atoms with E-state index < -0.39 is 0 Å². The van der Waals surface area contributed by atoms with E-state index in [1.54, 1.807) is 6.07 Å². The van der Waals surface area contributed by atoms with Crippen molar-refractivity contribution >= 4 is 45.8 Å². The average Bonchev–Trinajstić information content (AvgIpc) is 2.37. The van der Waals surface area contributed by atoms with Gasteiger partial charge in [-0.05, 0) is 65.8 Å². The zero-order valence-electron chi connectivity index (χ0n) is 10.6. The lowest BCUT2D eigenvalue weighted by atomic mass is 10.1. The largest absolute Gasteiger partial charge is 0.322 e. The smallest absolute Gasteiger partial charge is 0.257 e. The molecule has 0 atom stereocenters. The third kappa shape index (κ3) is 3.28. The second kappa shape index (κ2) is 5.92. The topological polar surface area (TPSA) is 29.1 Å². The van der Waals surface area contributed by atoms with E-state index in [0.717, 1.165) is 14.8 Å². The van der Waals surface area contributed by atoms with Gasteiger partial charge in [0.25, 0.3) is 5.91 Å². The summed E-state index contributed by atoms with van der Waals surface area (Å²) in [5.41, 5.74) is 3.36. The van der Waals surface area contributed by atoms with E-state index in [0.29, 0.717) is 10.6 Å². The Morgan fingerprint density at radius 3 is 2.58 bits per heavy atom. The number of nitrogens with one attached hydrogen (secondary N) is 1. The van der Waals surface area contributed by atoms with Gasteiger partial charge in [-0.25, -0.2) is 0 Å². The lowest BCUT2D eigenvalue weighted by Gasteiger charge is -2.09.